The molecule has 334 valence electrons. The lowest BCUT2D eigenvalue weighted by molar-refractivity contribution is 0.0700. The van der Waals surface area contributed by atoms with Gasteiger partial charge in [-0.1, -0.05) is 48.5 Å². The first-order valence-corrected chi connectivity index (χ1v) is 32.0. The van der Waals surface area contributed by atoms with Gasteiger partial charge in [-0.05, 0) is 169 Å². The number of nitrogens with zero attached hydrogens (tertiary/aromatic N) is 2. The molecule has 0 saturated heterocycles. The third-order valence-corrected chi connectivity index (χ3v) is 24.9. The van der Waals surface area contributed by atoms with E-state index in [0.717, 1.165) is 58.8 Å². The van der Waals surface area contributed by atoms with Gasteiger partial charge in [0, 0.05) is 72.6 Å². The van der Waals surface area contributed by atoms with Gasteiger partial charge in [-0.15, -0.1) is 22.7 Å². The molecule has 0 N–H and O–H groups in total. The fourth-order valence-corrected chi connectivity index (χ4v) is 21.5. The highest BCUT2D eigenvalue weighted by atomic mass is 33.7. The van der Waals surface area contributed by atoms with Crippen LogP contribution in [-0.2, 0) is 39.4 Å². The number of rotatable bonds is 27. The standard InChI is InChI=1S/C46H60N2O6S6Si2/c1-9-49-61(50-10-2,51-11-3)31-19-21-35-29-27-33(7)41(45-47-37-23-15-17-25-39(37)55-45)43(35)57-59-60-58-44-36(22-20-32-62(52-12-4,53-13-5)54-14-6)30-28-34(8)42(44)46-48-38-24-16-18-26-40(38)56-46/h15-18,23-30H,9-14,19-22,31-32H2,1-8H3. The Labute approximate surface area is 394 Å². The van der Waals surface area contributed by atoms with Crippen LogP contribution in [0.4, 0.5) is 0 Å². The molecule has 0 radical (unpaired) electrons. The van der Waals surface area contributed by atoms with Crippen molar-refractivity contribution in [1.29, 1.82) is 0 Å². The number of hydrogen-bond acceptors (Lipinski definition) is 14. The molecule has 0 atom stereocenters. The van der Waals surface area contributed by atoms with Crippen LogP contribution in [0.2, 0.25) is 12.1 Å². The van der Waals surface area contributed by atoms with E-state index in [2.05, 4.69) is 86.6 Å². The van der Waals surface area contributed by atoms with Gasteiger partial charge in [-0.3, -0.25) is 0 Å². The lowest BCUT2D eigenvalue weighted by Crippen LogP contribution is -2.46. The van der Waals surface area contributed by atoms with Crippen molar-refractivity contribution >= 4 is 102 Å². The van der Waals surface area contributed by atoms with E-state index >= 15 is 0 Å². The second-order valence-electron chi connectivity index (χ2n) is 14.4. The fourth-order valence-electron chi connectivity index (χ4n) is 7.61. The van der Waals surface area contributed by atoms with Crippen molar-refractivity contribution in [3.8, 4) is 21.1 Å². The lowest BCUT2D eigenvalue weighted by atomic mass is 10.0. The van der Waals surface area contributed by atoms with E-state index in [-0.39, 0.29) is 0 Å². The van der Waals surface area contributed by atoms with E-state index in [0.29, 0.717) is 39.6 Å². The van der Waals surface area contributed by atoms with E-state index in [9.17, 15) is 0 Å². The van der Waals surface area contributed by atoms with Gasteiger partial charge in [-0.25, -0.2) is 9.97 Å². The summed E-state index contributed by atoms with van der Waals surface area (Å²) >= 11 is 3.53. The average molecular weight is 986 g/mol. The molecule has 4 aromatic carbocycles. The predicted molar refractivity (Wildman–Crippen MR) is 274 cm³/mol. The molecule has 2 aromatic heterocycles. The SMILES string of the molecule is CCO[Si](CCCc1ccc(C)c(-c2nc3ccccc3s2)c1SSSSc1c(CCC[Si](OCC)(OCC)OCC)ccc(C)c1-c1nc2ccccc2s1)(OCC)OCC. The lowest BCUT2D eigenvalue weighted by Gasteiger charge is -2.28. The van der Waals surface area contributed by atoms with Gasteiger partial charge in [-0.2, -0.15) is 0 Å². The fraction of sp³-hybridized carbons (Fsp3) is 0.435. The van der Waals surface area contributed by atoms with Crippen LogP contribution in [0.15, 0.2) is 82.6 Å². The van der Waals surface area contributed by atoms with Gasteiger partial charge in [0.1, 0.15) is 10.0 Å². The molecule has 0 saturated carbocycles. The third kappa shape index (κ3) is 12.6. The number of benzene rings is 4. The van der Waals surface area contributed by atoms with Gasteiger partial charge in [0.15, 0.2) is 0 Å². The van der Waals surface area contributed by atoms with E-state index in [4.69, 9.17) is 36.5 Å². The number of aromatic nitrogens is 2. The maximum atomic E-state index is 6.25. The Bertz CT molecular complexity index is 2080. The Balaban J connectivity index is 1.31. The molecule has 0 fully saturated rings. The topological polar surface area (TPSA) is 81.2 Å². The van der Waals surface area contributed by atoms with Crippen LogP contribution in [0.5, 0.6) is 0 Å². The Morgan fingerprint density at radius 3 is 1.18 bits per heavy atom. The van der Waals surface area contributed by atoms with Crippen molar-refractivity contribution in [2.75, 3.05) is 39.6 Å². The highest BCUT2D eigenvalue weighted by Crippen LogP contribution is 2.55. The summed E-state index contributed by atoms with van der Waals surface area (Å²) in [5.41, 5.74) is 9.54. The number of thiazole rings is 2. The van der Waals surface area contributed by atoms with Crippen LogP contribution in [0.25, 0.3) is 41.6 Å². The van der Waals surface area contributed by atoms with Gasteiger partial charge in [0.2, 0.25) is 0 Å². The van der Waals surface area contributed by atoms with Gasteiger partial charge >= 0.3 is 17.6 Å². The van der Waals surface area contributed by atoms with E-state index in [1.807, 2.05) is 82.8 Å². The van der Waals surface area contributed by atoms with Crippen molar-refractivity contribution in [2.24, 2.45) is 0 Å². The van der Waals surface area contributed by atoms with E-state index < -0.39 is 17.6 Å². The number of aryl methyl sites for hydroxylation is 4. The third-order valence-electron chi connectivity index (χ3n) is 10.2. The summed E-state index contributed by atoms with van der Waals surface area (Å²) in [4.78, 5) is 12.9. The minimum Gasteiger partial charge on any atom is -0.374 e. The minimum absolute atomic E-state index is 0.574. The second kappa shape index (κ2) is 24.7. The summed E-state index contributed by atoms with van der Waals surface area (Å²) in [6.45, 7) is 20.0. The Morgan fingerprint density at radius 2 is 0.839 bits per heavy atom. The molecule has 2 heterocycles. The smallest absolute Gasteiger partial charge is 0.374 e. The van der Waals surface area contributed by atoms with Gasteiger partial charge < -0.3 is 26.6 Å². The van der Waals surface area contributed by atoms with E-state index in [1.165, 1.54) is 52.6 Å². The van der Waals surface area contributed by atoms with Crippen molar-refractivity contribution in [3.05, 3.63) is 95.1 Å². The summed E-state index contributed by atoms with van der Waals surface area (Å²) in [6, 6.07) is 27.5. The Kier molecular flexibility index (Phi) is 19.8. The first kappa shape index (κ1) is 49.7. The summed E-state index contributed by atoms with van der Waals surface area (Å²) < 4.78 is 39.9. The quantitative estimate of drug-likeness (QED) is 0.0280. The summed E-state index contributed by atoms with van der Waals surface area (Å²) in [6.07, 6.45) is 3.54. The van der Waals surface area contributed by atoms with Crippen molar-refractivity contribution in [2.45, 2.75) is 103 Å². The second-order valence-corrected chi connectivity index (χ2v) is 27.7. The van der Waals surface area contributed by atoms with Crippen LogP contribution >= 0.6 is 63.9 Å². The number of fused-ring (bicyclic) bond motifs is 2. The normalized spacial score (nSPS) is 12.3. The average Bonchev–Trinajstić information content (AvgIpc) is 3.89. The molecule has 16 heteroatoms. The molecule has 0 aliphatic heterocycles. The first-order valence-electron chi connectivity index (χ1n) is 21.7. The molecule has 0 bridgehead atoms. The molecule has 6 aromatic rings. The molecule has 0 spiro atoms. The Morgan fingerprint density at radius 1 is 0.484 bits per heavy atom. The molecule has 0 unspecified atom stereocenters. The first-order chi connectivity index (χ1) is 30.2. The summed E-state index contributed by atoms with van der Waals surface area (Å²) in [5.74, 6) is 0. The molecule has 6 rings (SSSR count). The summed E-state index contributed by atoms with van der Waals surface area (Å²) in [5, 5.41) is 2.11. The van der Waals surface area contributed by atoms with Crippen molar-refractivity contribution < 1.29 is 26.6 Å². The zero-order valence-electron chi connectivity index (χ0n) is 37.2. The van der Waals surface area contributed by atoms with Crippen molar-refractivity contribution in [1.82, 2.24) is 9.97 Å². The number of hydrogen-bond donors (Lipinski definition) is 0. The minimum atomic E-state index is -2.79. The molecule has 0 amide bonds. The van der Waals surface area contributed by atoms with Crippen LogP contribution in [0.1, 0.15) is 76.6 Å². The molecular weight excluding hydrogens is 925 g/mol. The van der Waals surface area contributed by atoms with Gasteiger partial charge in [0.25, 0.3) is 0 Å². The molecule has 62 heavy (non-hydrogen) atoms. The number of para-hydroxylation sites is 2. The molecule has 0 aliphatic carbocycles. The Hall–Kier alpha value is -1.75. The highest BCUT2D eigenvalue weighted by Gasteiger charge is 2.41. The zero-order valence-corrected chi connectivity index (χ0v) is 44.1. The van der Waals surface area contributed by atoms with Crippen LogP contribution < -0.4 is 0 Å². The molecular formula is C46H60N2O6S6Si2. The predicted octanol–water partition coefficient (Wildman–Crippen LogP) is 14.9. The van der Waals surface area contributed by atoms with Crippen molar-refractivity contribution in [3.63, 3.8) is 0 Å². The molecule has 0 aliphatic rings. The summed E-state index contributed by atoms with van der Waals surface area (Å²) in [7, 11) is 1.73. The molecule has 8 nitrogen and oxygen atoms in total. The van der Waals surface area contributed by atoms with Gasteiger partial charge in [0.05, 0.1) is 20.4 Å². The largest absolute Gasteiger partial charge is 0.500 e. The van der Waals surface area contributed by atoms with Crippen LogP contribution in [-0.4, -0.2) is 67.2 Å². The highest BCUT2D eigenvalue weighted by molar-refractivity contribution is 9.26. The maximum absolute atomic E-state index is 6.25. The monoisotopic (exact) mass is 984 g/mol. The van der Waals surface area contributed by atoms with E-state index in [1.54, 1.807) is 22.7 Å². The van der Waals surface area contributed by atoms with Crippen LogP contribution in [0.3, 0.4) is 0 Å². The maximum Gasteiger partial charge on any atom is 0.500 e. The zero-order chi connectivity index (χ0) is 44.0. The van der Waals surface area contributed by atoms with Crippen LogP contribution in [0, 0.1) is 13.8 Å².